The zero-order chi connectivity index (χ0) is 22.5. The van der Waals surface area contributed by atoms with Crippen molar-refractivity contribution < 1.29 is 9.53 Å². The molecule has 5 rings (SSSR count). The average molecular weight is 441 g/mol. The molecule has 9 heteroatoms. The number of amides is 1. The van der Waals surface area contributed by atoms with Gasteiger partial charge in [-0.25, -0.2) is 9.67 Å². The van der Waals surface area contributed by atoms with Crippen LogP contribution in [0.5, 0.6) is 11.5 Å². The number of aromatic nitrogens is 5. The summed E-state index contributed by atoms with van der Waals surface area (Å²) in [5, 5.41) is 15.7. The van der Waals surface area contributed by atoms with Gasteiger partial charge in [-0.3, -0.25) is 4.79 Å². The molecule has 0 spiro atoms. The van der Waals surface area contributed by atoms with Crippen LogP contribution < -0.4 is 15.0 Å². The van der Waals surface area contributed by atoms with Gasteiger partial charge in [0, 0.05) is 19.0 Å². The molecule has 2 aromatic carbocycles. The van der Waals surface area contributed by atoms with Crippen LogP contribution in [0.3, 0.4) is 0 Å². The van der Waals surface area contributed by atoms with Crippen LogP contribution in [0.2, 0.25) is 0 Å². The Kier molecular flexibility index (Phi) is 5.92. The number of nitrogens with one attached hydrogen (secondary N) is 1. The van der Waals surface area contributed by atoms with Crippen LogP contribution in [-0.2, 0) is 4.79 Å². The normalized spacial score (nSPS) is 14.1. The van der Waals surface area contributed by atoms with Crippen molar-refractivity contribution in [2.45, 2.75) is 12.8 Å². The Bertz CT molecular complexity index is 1190. The number of piperidine rings is 1. The van der Waals surface area contributed by atoms with Crippen LogP contribution in [0.1, 0.15) is 12.8 Å². The first-order valence-electron chi connectivity index (χ1n) is 10.8. The van der Waals surface area contributed by atoms with E-state index in [1.807, 2.05) is 66.7 Å². The fourth-order valence-electron chi connectivity index (χ4n) is 3.82. The lowest BCUT2D eigenvalue weighted by Crippen LogP contribution is -2.38. The molecule has 4 aromatic rings. The molecule has 2 aromatic heterocycles. The number of ether oxygens (including phenoxy) is 1. The molecule has 166 valence electrons. The first-order valence-corrected chi connectivity index (χ1v) is 10.8. The number of hydrogen-bond donors (Lipinski definition) is 1. The highest BCUT2D eigenvalue weighted by atomic mass is 16.5. The van der Waals surface area contributed by atoms with Crippen LogP contribution in [0, 0.1) is 5.92 Å². The lowest BCUT2D eigenvalue weighted by Gasteiger charge is -2.31. The Morgan fingerprint density at radius 3 is 2.36 bits per heavy atom. The highest BCUT2D eigenvalue weighted by molar-refractivity contribution is 5.94. The van der Waals surface area contributed by atoms with Crippen LogP contribution in [0.25, 0.3) is 5.82 Å². The molecule has 0 bridgehead atoms. The topological polar surface area (TPSA) is 98.1 Å². The zero-order valence-corrected chi connectivity index (χ0v) is 17.9. The summed E-state index contributed by atoms with van der Waals surface area (Å²) in [5.41, 5.74) is 0.670. The summed E-state index contributed by atoms with van der Waals surface area (Å²) in [6, 6.07) is 20.8. The van der Waals surface area contributed by atoms with E-state index in [4.69, 9.17) is 4.74 Å². The van der Waals surface area contributed by atoms with Gasteiger partial charge < -0.3 is 15.0 Å². The summed E-state index contributed by atoms with van der Waals surface area (Å²) in [6.07, 6.45) is 4.51. The summed E-state index contributed by atoms with van der Waals surface area (Å²) in [5.74, 6) is 2.68. The number of anilines is 2. The van der Waals surface area contributed by atoms with Crippen molar-refractivity contribution in [3.05, 3.63) is 79.4 Å². The third kappa shape index (κ3) is 4.82. The monoisotopic (exact) mass is 441 g/mol. The maximum Gasteiger partial charge on any atom is 0.227 e. The van der Waals surface area contributed by atoms with Crippen molar-refractivity contribution in [3.63, 3.8) is 0 Å². The van der Waals surface area contributed by atoms with Crippen molar-refractivity contribution in [1.82, 2.24) is 25.0 Å². The minimum Gasteiger partial charge on any atom is -0.455 e. The van der Waals surface area contributed by atoms with Gasteiger partial charge in [0.25, 0.3) is 0 Å². The molecule has 1 aliphatic heterocycles. The third-order valence-electron chi connectivity index (χ3n) is 5.60. The molecule has 0 unspecified atom stereocenters. The predicted octanol–water partition coefficient (Wildman–Crippen LogP) is 3.70. The van der Waals surface area contributed by atoms with E-state index in [1.165, 1.54) is 6.33 Å². The molecule has 3 heterocycles. The van der Waals surface area contributed by atoms with Gasteiger partial charge in [-0.1, -0.05) is 30.3 Å². The standard InChI is InChI=1S/C24H23N7O2/c32-24(27-20-8-4-5-9-21(20)33-19-6-2-1-3-7-19)18-12-14-30(15-13-18)22-10-11-23(29-28-22)31-17-25-16-26-31/h1-11,16-18H,12-15H2,(H,27,32). The molecule has 0 aliphatic carbocycles. The van der Waals surface area contributed by atoms with E-state index in [2.05, 4.69) is 30.5 Å². The van der Waals surface area contributed by atoms with Crippen LogP contribution in [-0.4, -0.2) is 44.0 Å². The number of rotatable bonds is 6. The van der Waals surface area contributed by atoms with E-state index in [-0.39, 0.29) is 11.8 Å². The van der Waals surface area contributed by atoms with E-state index in [0.717, 1.165) is 37.5 Å². The van der Waals surface area contributed by atoms with Crippen LogP contribution in [0.15, 0.2) is 79.4 Å². The minimum absolute atomic E-state index is 0.00590. The fourth-order valence-corrected chi connectivity index (χ4v) is 3.82. The number of benzene rings is 2. The maximum absolute atomic E-state index is 13.0. The SMILES string of the molecule is O=C(Nc1ccccc1Oc1ccccc1)C1CCN(c2ccc(-n3cncn3)nn2)CC1. The van der Waals surface area contributed by atoms with E-state index in [9.17, 15) is 4.79 Å². The van der Waals surface area contributed by atoms with Crippen molar-refractivity contribution in [1.29, 1.82) is 0 Å². The Balaban J connectivity index is 1.19. The molecule has 0 saturated carbocycles. The molecule has 0 atom stereocenters. The number of para-hydroxylation sites is 3. The Hall–Kier alpha value is -4.27. The first kappa shape index (κ1) is 20.6. The largest absolute Gasteiger partial charge is 0.455 e. The molecule has 1 amide bonds. The summed E-state index contributed by atoms with van der Waals surface area (Å²) in [6.45, 7) is 1.47. The molecule has 9 nitrogen and oxygen atoms in total. The van der Waals surface area contributed by atoms with E-state index < -0.39 is 0 Å². The van der Waals surface area contributed by atoms with Gasteiger partial charge >= 0.3 is 0 Å². The van der Waals surface area contributed by atoms with Gasteiger partial charge in [-0.2, -0.15) is 5.10 Å². The molecule has 1 fully saturated rings. The lowest BCUT2D eigenvalue weighted by atomic mass is 9.95. The van der Waals surface area contributed by atoms with E-state index >= 15 is 0 Å². The molecular weight excluding hydrogens is 418 g/mol. The van der Waals surface area contributed by atoms with E-state index in [0.29, 0.717) is 17.3 Å². The number of hydrogen-bond acceptors (Lipinski definition) is 7. The number of carbonyl (C=O) groups is 1. The summed E-state index contributed by atoms with van der Waals surface area (Å²) in [4.78, 5) is 19.0. The number of nitrogens with zero attached hydrogens (tertiary/aromatic N) is 6. The predicted molar refractivity (Wildman–Crippen MR) is 123 cm³/mol. The Morgan fingerprint density at radius 1 is 0.909 bits per heavy atom. The summed E-state index contributed by atoms with van der Waals surface area (Å²) >= 11 is 0. The molecule has 1 N–H and O–H groups in total. The maximum atomic E-state index is 13.0. The highest BCUT2D eigenvalue weighted by Crippen LogP contribution is 2.30. The summed E-state index contributed by atoms with van der Waals surface area (Å²) in [7, 11) is 0. The van der Waals surface area contributed by atoms with Gasteiger partial charge in [-0.05, 0) is 49.2 Å². The highest BCUT2D eigenvalue weighted by Gasteiger charge is 2.26. The zero-order valence-electron chi connectivity index (χ0n) is 17.9. The van der Waals surface area contributed by atoms with Gasteiger partial charge in [0.1, 0.15) is 18.4 Å². The van der Waals surface area contributed by atoms with Crippen molar-refractivity contribution in [3.8, 4) is 17.3 Å². The Morgan fingerprint density at radius 2 is 1.64 bits per heavy atom. The van der Waals surface area contributed by atoms with E-state index in [1.54, 1.807) is 11.0 Å². The second-order valence-electron chi connectivity index (χ2n) is 7.75. The van der Waals surface area contributed by atoms with Crippen molar-refractivity contribution in [2.75, 3.05) is 23.3 Å². The second kappa shape index (κ2) is 9.47. The molecule has 0 radical (unpaired) electrons. The minimum atomic E-state index is -0.0755. The molecular formula is C24H23N7O2. The Labute approximate surface area is 191 Å². The van der Waals surface area contributed by atoms with Gasteiger partial charge in [0.15, 0.2) is 17.4 Å². The average Bonchev–Trinajstić information content (AvgIpc) is 3.41. The second-order valence-corrected chi connectivity index (χ2v) is 7.75. The quantitative estimate of drug-likeness (QED) is 0.487. The molecule has 1 aliphatic rings. The first-order chi connectivity index (χ1) is 16.3. The van der Waals surface area contributed by atoms with Crippen LogP contribution >= 0.6 is 0 Å². The van der Waals surface area contributed by atoms with Crippen LogP contribution in [0.4, 0.5) is 11.5 Å². The fraction of sp³-hybridized carbons (Fsp3) is 0.208. The molecule has 1 saturated heterocycles. The van der Waals surface area contributed by atoms with Gasteiger partial charge in [-0.15, -0.1) is 10.2 Å². The molecule has 33 heavy (non-hydrogen) atoms. The lowest BCUT2D eigenvalue weighted by molar-refractivity contribution is -0.120. The van der Waals surface area contributed by atoms with Gasteiger partial charge in [0.2, 0.25) is 5.91 Å². The summed E-state index contributed by atoms with van der Waals surface area (Å²) < 4.78 is 7.52. The smallest absolute Gasteiger partial charge is 0.227 e. The van der Waals surface area contributed by atoms with Crippen molar-refractivity contribution in [2.24, 2.45) is 5.92 Å². The third-order valence-corrected chi connectivity index (χ3v) is 5.60. The van der Waals surface area contributed by atoms with Gasteiger partial charge in [0.05, 0.1) is 5.69 Å². The number of carbonyl (C=O) groups excluding carboxylic acids is 1. The van der Waals surface area contributed by atoms with Crippen molar-refractivity contribution >= 4 is 17.4 Å².